The highest BCUT2D eigenvalue weighted by Crippen LogP contribution is 2.34. The maximum Gasteiger partial charge on any atom is 0.410 e. The van der Waals surface area contributed by atoms with Gasteiger partial charge in [-0.1, -0.05) is 23.3 Å². The van der Waals surface area contributed by atoms with Gasteiger partial charge in [0.1, 0.15) is 11.4 Å². The Morgan fingerprint density at radius 3 is 2.39 bits per heavy atom. The highest BCUT2D eigenvalue weighted by Gasteiger charge is 2.27. The Bertz CT molecular complexity index is 922. The average molecular weight is 427 g/mol. The van der Waals surface area contributed by atoms with Gasteiger partial charge >= 0.3 is 6.09 Å². The summed E-state index contributed by atoms with van der Waals surface area (Å²) in [7, 11) is 0. The van der Waals surface area contributed by atoms with E-state index >= 15 is 0 Å². The second kappa shape index (κ2) is 9.28. The number of hydrogen-bond acceptors (Lipinski definition) is 8. The number of carbonyl (C=O) groups excluding carboxylic acids is 1. The van der Waals surface area contributed by atoms with Crippen molar-refractivity contribution in [1.82, 2.24) is 14.9 Å². The monoisotopic (exact) mass is 426 g/mol. The number of nitroso groups, excluding NO2 is 1. The number of nitrogens with one attached hydrogen (secondary N) is 1. The first kappa shape index (κ1) is 22.5. The normalized spacial score (nSPS) is 15.8. The Kier molecular flexibility index (Phi) is 6.72. The van der Waals surface area contributed by atoms with Crippen molar-refractivity contribution in [2.75, 3.05) is 42.5 Å². The van der Waals surface area contributed by atoms with E-state index in [1.165, 1.54) is 16.8 Å². The van der Waals surface area contributed by atoms with Crippen LogP contribution in [0.25, 0.3) is 0 Å². The number of rotatable bonds is 2. The van der Waals surface area contributed by atoms with Crippen LogP contribution in [-0.4, -0.2) is 59.3 Å². The molecule has 0 atom stereocenters. The van der Waals surface area contributed by atoms with Crippen LogP contribution in [0.3, 0.4) is 0 Å². The lowest BCUT2D eigenvalue weighted by Gasteiger charge is -2.36. The molecule has 1 N–H and O–H groups in total. The minimum atomic E-state index is -0.474. The molecular weight excluding hydrogens is 396 g/mol. The number of ether oxygens (including phenoxy) is 1. The molecule has 1 aromatic heterocycles. The smallest absolute Gasteiger partial charge is 0.410 e. The molecular formula is C22H30N6O3. The van der Waals surface area contributed by atoms with E-state index in [1.54, 1.807) is 11.1 Å². The lowest BCUT2D eigenvalue weighted by Crippen LogP contribution is -2.50. The number of hydrogen-bond donors (Lipinski definition) is 1. The van der Waals surface area contributed by atoms with Gasteiger partial charge in [0.15, 0.2) is 5.82 Å². The highest BCUT2D eigenvalue weighted by molar-refractivity contribution is 5.69. The average Bonchev–Trinajstić information content (AvgIpc) is 3.17. The van der Waals surface area contributed by atoms with Crippen LogP contribution in [-0.2, 0) is 11.2 Å². The Hall–Kier alpha value is -3.23. The Balaban J connectivity index is 0.00000132. The number of anilines is 3. The number of fused-ring (bicyclic) bond motifs is 1. The SMILES string of the molecule is Cc1ccc2c(c1)CCN2c1cncc(N2CCN(C(=O)OC(C)(C)C)CC2)n1.N=O. The second-order valence-electron chi connectivity index (χ2n) is 8.72. The molecule has 0 saturated carbocycles. The summed E-state index contributed by atoms with van der Waals surface area (Å²) in [4.78, 5) is 35.3. The van der Waals surface area contributed by atoms with Crippen molar-refractivity contribution >= 4 is 23.4 Å². The summed E-state index contributed by atoms with van der Waals surface area (Å²) in [5, 5.41) is 0. The summed E-state index contributed by atoms with van der Waals surface area (Å²) in [5.41, 5.74) is 7.90. The summed E-state index contributed by atoms with van der Waals surface area (Å²) in [5.74, 6) is 1.73. The van der Waals surface area contributed by atoms with Gasteiger partial charge in [-0.25, -0.2) is 9.78 Å². The maximum absolute atomic E-state index is 12.3. The molecule has 2 aliphatic heterocycles. The first-order valence-electron chi connectivity index (χ1n) is 10.4. The fraction of sp³-hybridized carbons (Fsp3) is 0.500. The van der Waals surface area contributed by atoms with Crippen molar-refractivity contribution in [1.29, 1.82) is 5.59 Å². The zero-order chi connectivity index (χ0) is 22.6. The molecule has 1 fully saturated rings. The lowest BCUT2D eigenvalue weighted by molar-refractivity contribution is 0.0240. The van der Waals surface area contributed by atoms with Crippen molar-refractivity contribution < 1.29 is 9.53 Å². The van der Waals surface area contributed by atoms with Crippen LogP contribution in [0, 0.1) is 17.4 Å². The molecule has 9 heteroatoms. The van der Waals surface area contributed by atoms with Crippen molar-refractivity contribution in [3.63, 3.8) is 0 Å². The molecule has 4 rings (SSSR count). The minimum absolute atomic E-state index is 0.249. The molecule has 0 spiro atoms. The van der Waals surface area contributed by atoms with Gasteiger partial charge < -0.3 is 19.4 Å². The molecule has 1 saturated heterocycles. The number of aryl methyl sites for hydroxylation is 1. The summed E-state index contributed by atoms with van der Waals surface area (Å²) in [6, 6.07) is 6.57. The van der Waals surface area contributed by atoms with Gasteiger partial charge in [0, 0.05) is 38.4 Å². The van der Waals surface area contributed by atoms with Crippen LogP contribution >= 0.6 is 0 Å². The third kappa shape index (κ3) is 5.28. The third-order valence-corrected chi connectivity index (χ3v) is 5.27. The first-order chi connectivity index (χ1) is 14.8. The van der Waals surface area contributed by atoms with Gasteiger partial charge in [-0.05, 0) is 45.7 Å². The van der Waals surface area contributed by atoms with E-state index in [2.05, 4.69) is 45.5 Å². The predicted molar refractivity (Wildman–Crippen MR) is 120 cm³/mol. The zero-order valence-electron chi connectivity index (χ0n) is 18.6. The van der Waals surface area contributed by atoms with Crippen LogP contribution < -0.4 is 9.80 Å². The summed E-state index contributed by atoms with van der Waals surface area (Å²) >= 11 is 0. The van der Waals surface area contributed by atoms with Gasteiger partial charge in [0.2, 0.25) is 0 Å². The Labute approximate surface area is 182 Å². The Morgan fingerprint density at radius 2 is 1.71 bits per heavy atom. The van der Waals surface area contributed by atoms with Crippen LogP contribution in [0.2, 0.25) is 0 Å². The summed E-state index contributed by atoms with van der Waals surface area (Å²) in [6.07, 6.45) is 4.41. The first-order valence-corrected chi connectivity index (χ1v) is 10.4. The van der Waals surface area contributed by atoms with E-state index < -0.39 is 5.60 Å². The molecule has 166 valence electrons. The molecule has 0 bridgehead atoms. The molecule has 0 aliphatic carbocycles. The maximum atomic E-state index is 12.3. The van der Waals surface area contributed by atoms with E-state index in [-0.39, 0.29) is 6.09 Å². The van der Waals surface area contributed by atoms with Crippen LogP contribution in [0.1, 0.15) is 31.9 Å². The number of carbonyl (C=O) groups is 1. The van der Waals surface area contributed by atoms with Crippen molar-refractivity contribution in [2.45, 2.75) is 39.7 Å². The predicted octanol–water partition coefficient (Wildman–Crippen LogP) is 3.87. The van der Waals surface area contributed by atoms with Gasteiger partial charge in [-0.2, -0.15) is 4.91 Å². The van der Waals surface area contributed by atoms with E-state index in [4.69, 9.17) is 14.6 Å². The largest absolute Gasteiger partial charge is 0.444 e. The van der Waals surface area contributed by atoms with Gasteiger partial charge in [0.05, 0.1) is 12.4 Å². The molecule has 9 nitrogen and oxygen atoms in total. The zero-order valence-corrected chi connectivity index (χ0v) is 18.6. The molecule has 2 aromatic rings. The molecule has 0 unspecified atom stereocenters. The summed E-state index contributed by atoms with van der Waals surface area (Å²) in [6.45, 7) is 11.4. The van der Waals surface area contributed by atoms with E-state index in [1.807, 2.05) is 27.0 Å². The third-order valence-electron chi connectivity index (χ3n) is 5.27. The van der Waals surface area contributed by atoms with E-state index in [9.17, 15) is 4.79 Å². The van der Waals surface area contributed by atoms with Crippen molar-refractivity contribution in [3.8, 4) is 0 Å². The molecule has 2 aliphatic rings. The summed E-state index contributed by atoms with van der Waals surface area (Å²) < 4.78 is 5.48. The van der Waals surface area contributed by atoms with Gasteiger partial charge in [-0.15, -0.1) is 0 Å². The number of aromatic nitrogens is 2. The van der Waals surface area contributed by atoms with Crippen LogP contribution in [0.15, 0.2) is 30.6 Å². The van der Waals surface area contributed by atoms with Crippen molar-refractivity contribution in [2.24, 2.45) is 0 Å². The lowest BCUT2D eigenvalue weighted by atomic mass is 10.1. The van der Waals surface area contributed by atoms with E-state index in [0.717, 1.165) is 24.6 Å². The molecule has 1 amide bonds. The second-order valence-corrected chi connectivity index (χ2v) is 8.72. The molecule has 1 aromatic carbocycles. The van der Waals surface area contributed by atoms with Crippen LogP contribution in [0.5, 0.6) is 0 Å². The molecule has 31 heavy (non-hydrogen) atoms. The highest BCUT2D eigenvalue weighted by atomic mass is 16.6. The standard InChI is InChI=1S/C22H29N5O2.HNO/c1-16-5-6-18-17(13-16)7-8-27(18)20-15-23-14-19(24-20)25-9-11-26(12-10-25)21(28)29-22(2,3)4;1-2/h5-6,13-15H,7-12H2,1-4H3;1H. The number of piperazine rings is 1. The van der Waals surface area contributed by atoms with Gasteiger partial charge in [-0.3, -0.25) is 4.98 Å². The molecule has 3 heterocycles. The molecule has 0 radical (unpaired) electrons. The minimum Gasteiger partial charge on any atom is -0.444 e. The fourth-order valence-corrected chi connectivity index (χ4v) is 3.84. The topological polar surface area (TPSA) is 103 Å². The number of nitrogens with zero attached hydrogens (tertiary/aromatic N) is 5. The Morgan fingerprint density at radius 1 is 1.03 bits per heavy atom. The number of benzene rings is 1. The number of amides is 1. The van der Waals surface area contributed by atoms with E-state index in [0.29, 0.717) is 26.2 Å². The van der Waals surface area contributed by atoms with Crippen LogP contribution in [0.4, 0.5) is 22.1 Å². The fourth-order valence-electron chi connectivity index (χ4n) is 3.84. The quantitative estimate of drug-likeness (QED) is 0.727. The van der Waals surface area contributed by atoms with Crippen molar-refractivity contribution in [3.05, 3.63) is 46.6 Å². The van der Waals surface area contributed by atoms with Gasteiger partial charge in [0.25, 0.3) is 0 Å².